The lowest BCUT2D eigenvalue weighted by Crippen LogP contribution is -2.32. The van der Waals surface area contributed by atoms with Gasteiger partial charge in [0.05, 0.1) is 31.1 Å². The Morgan fingerprint density at radius 2 is 1.85 bits per heavy atom. The molecule has 10 nitrogen and oxygen atoms in total. The van der Waals surface area contributed by atoms with E-state index in [1.807, 2.05) is 6.92 Å². The molecule has 0 spiro atoms. The minimum absolute atomic E-state index is 0.200. The number of amides is 2. The number of anilines is 1. The van der Waals surface area contributed by atoms with Crippen molar-refractivity contribution in [3.8, 4) is 23.3 Å². The quantitative estimate of drug-likeness (QED) is 0.128. The molecule has 4 rings (SSSR count). The lowest BCUT2D eigenvalue weighted by Gasteiger charge is -2.10. The molecule has 3 aromatic rings. The van der Waals surface area contributed by atoms with Crippen LogP contribution in [0.2, 0.25) is 0 Å². The summed E-state index contributed by atoms with van der Waals surface area (Å²) in [5.74, 6) is -1.32. The number of hydrazone groups is 1. The fourth-order valence-electron chi connectivity index (χ4n) is 4.06. The van der Waals surface area contributed by atoms with Crippen molar-refractivity contribution in [2.45, 2.75) is 39.0 Å². The van der Waals surface area contributed by atoms with Gasteiger partial charge in [-0.15, -0.1) is 11.3 Å². The van der Waals surface area contributed by atoms with Crippen molar-refractivity contribution in [1.82, 2.24) is 5.43 Å². The van der Waals surface area contributed by atoms with E-state index in [4.69, 9.17) is 14.2 Å². The predicted octanol–water partition coefficient (Wildman–Crippen LogP) is 4.60. The van der Waals surface area contributed by atoms with E-state index in [2.05, 4.69) is 21.9 Å². The Bertz CT molecular complexity index is 1470. The number of rotatable bonds is 9. The highest BCUT2D eigenvalue weighted by molar-refractivity contribution is 7.16. The summed E-state index contributed by atoms with van der Waals surface area (Å²) in [6.07, 6.45) is 5.90. The molecule has 40 heavy (non-hydrogen) atoms. The summed E-state index contributed by atoms with van der Waals surface area (Å²) in [5.41, 5.74) is 4.44. The van der Waals surface area contributed by atoms with E-state index in [9.17, 15) is 19.6 Å². The number of thiophene rings is 1. The van der Waals surface area contributed by atoms with Crippen molar-refractivity contribution in [1.29, 1.82) is 5.26 Å². The first kappa shape index (κ1) is 28.3. The van der Waals surface area contributed by atoms with Gasteiger partial charge in [-0.1, -0.05) is 6.92 Å². The van der Waals surface area contributed by atoms with E-state index in [1.54, 1.807) is 36.4 Å². The van der Waals surface area contributed by atoms with E-state index in [-0.39, 0.29) is 11.5 Å². The number of nitriles is 1. The van der Waals surface area contributed by atoms with Crippen molar-refractivity contribution in [3.63, 3.8) is 0 Å². The average molecular weight is 561 g/mol. The fourth-order valence-corrected chi connectivity index (χ4v) is 5.30. The maximum Gasteiger partial charge on any atom is 0.343 e. The number of methoxy groups -OCH3 is 1. The third-order valence-corrected chi connectivity index (χ3v) is 7.26. The molecule has 2 aromatic carbocycles. The van der Waals surface area contributed by atoms with Crippen molar-refractivity contribution in [2.75, 3.05) is 19.0 Å². The number of ether oxygens (including phenoxy) is 3. The molecule has 1 aliphatic carbocycles. The Kier molecular flexibility index (Phi) is 9.48. The number of benzene rings is 2. The van der Waals surface area contributed by atoms with E-state index in [0.717, 1.165) is 42.5 Å². The van der Waals surface area contributed by atoms with E-state index in [0.29, 0.717) is 34.0 Å². The molecule has 0 saturated carbocycles. The fraction of sp³-hybridized carbons (Fsp3) is 0.276. The van der Waals surface area contributed by atoms with Crippen LogP contribution in [0.1, 0.15) is 58.1 Å². The summed E-state index contributed by atoms with van der Waals surface area (Å²) in [4.78, 5) is 38.3. The van der Waals surface area contributed by atoms with Gasteiger partial charge in [0.15, 0.2) is 11.5 Å². The SMILES string of the molecule is CCCOc1ccc(C(=O)Oc2ccc(/C=N/NC(=O)C(=O)Nc3sc4c(c3C#N)CCCC4)cc2OC)cc1. The number of aryl methyl sites for hydroxylation is 1. The van der Waals surface area contributed by atoms with Gasteiger partial charge >= 0.3 is 17.8 Å². The maximum absolute atomic E-state index is 12.6. The molecule has 1 aliphatic rings. The Morgan fingerprint density at radius 3 is 2.58 bits per heavy atom. The van der Waals surface area contributed by atoms with Gasteiger partial charge in [0.1, 0.15) is 16.8 Å². The lowest BCUT2D eigenvalue weighted by atomic mass is 9.96. The number of carbonyl (C=O) groups excluding carboxylic acids is 3. The van der Waals surface area contributed by atoms with Crippen LogP contribution in [-0.4, -0.2) is 37.7 Å². The summed E-state index contributed by atoms with van der Waals surface area (Å²) in [5, 5.41) is 16.3. The van der Waals surface area contributed by atoms with Crippen molar-refractivity contribution < 1.29 is 28.6 Å². The summed E-state index contributed by atoms with van der Waals surface area (Å²) in [7, 11) is 1.43. The van der Waals surface area contributed by atoms with Crippen LogP contribution in [0.5, 0.6) is 17.2 Å². The number of hydrogen-bond donors (Lipinski definition) is 2. The standard InChI is InChI=1S/C29H28N4O6S/c1-3-14-38-20-11-9-19(10-12-20)29(36)39-23-13-8-18(15-24(23)37-2)17-31-33-27(35)26(34)32-28-22(16-30)21-6-4-5-7-25(21)40-28/h8-13,15,17H,3-7,14H2,1-2H3,(H,32,34)(H,33,35)/b31-17+. The first-order chi connectivity index (χ1) is 19.4. The molecule has 11 heteroatoms. The Balaban J connectivity index is 1.34. The van der Waals surface area contributed by atoms with Crippen LogP contribution in [0, 0.1) is 11.3 Å². The lowest BCUT2D eigenvalue weighted by molar-refractivity contribution is -0.136. The zero-order chi connectivity index (χ0) is 28.5. The summed E-state index contributed by atoms with van der Waals surface area (Å²) in [6.45, 7) is 2.60. The zero-order valence-electron chi connectivity index (χ0n) is 22.1. The topological polar surface area (TPSA) is 139 Å². The van der Waals surface area contributed by atoms with Crippen LogP contribution < -0.4 is 25.0 Å². The molecule has 0 unspecified atom stereocenters. The maximum atomic E-state index is 12.6. The second-order valence-electron chi connectivity index (χ2n) is 8.85. The van der Waals surface area contributed by atoms with Gasteiger partial charge in [-0.05, 0) is 85.7 Å². The molecule has 0 fully saturated rings. The number of carbonyl (C=O) groups is 3. The van der Waals surface area contributed by atoms with Crippen molar-refractivity contribution in [2.24, 2.45) is 5.10 Å². The third kappa shape index (κ3) is 6.84. The van der Waals surface area contributed by atoms with E-state index < -0.39 is 17.8 Å². The van der Waals surface area contributed by atoms with Crippen LogP contribution in [0.15, 0.2) is 47.6 Å². The minimum Gasteiger partial charge on any atom is -0.494 e. The van der Waals surface area contributed by atoms with Gasteiger partial charge < -0.3 is 19.5 Å². The highest BCUT2D eigenvalue weighted by atomic mass is 32.1. The molecular weight excluding hydrogens is 532 g/mol. The largest absolute Gasteiger partial charge is 0.494 e. The molecule has 0 atom stereocenters. The normalized spacial score (nSPS) is 12.2. The van der Waals surface area contributed by atoms with E-state index >= 15 is 0 Å². The van der Waals surface area contributed by atoms with Gasteiger partial charge in [-0.3, -0.25) is 9.59 Å². The number of nitrogens with one attached hydrogen (secondary N) is 2. The first-order valence-corrected chi connectivity index (χ1v) is 13.6. The van der Waals surface area contributed by atoms with Gasteiger partial charge in [-0.25, -0.2) is 10.2 Å². The van der Waals surface area contributed by atoms with Crippen LogP contribution in [-0.2, 0) is 22.4 Å². The molecule has 2 amide bonds. The van der Waals surface area contributed by atoms with Crippen LogP contribution in [0.25, 0.3) is 0 Å². The van der Waals surface area contributed by atoms with Crippen LogP contribution in [0.4, 0.5) is 5.00 Å². The van der Waals surface area contributed by atoms with E-state index in [1.165, 1.54) is 30.7 Å². The summed E-state index contributed by atoms with van der Waals surface area (Å²) < 4.78 is 16.3. The van der Waals surface area contributed by atoms with Crippen LogP contribution in [0.3, 0.4) is 0 Å². The second-order valence-corrected chi connectivity index (χ2v) is 9.96. The molecular formula is C29H28N4O6S. The highest BCUT2D eigenvalue weighted by Crippen LogP contribution is 2.37. The van der Waals surface area contributed by atoms with Gasteiger partial charge in [0, 0.05) is 4.88 Å². The second kappa shape index (κ2) is 13.4. The third-order valence-electron chi connectivity index (χ3n) is 6.05. The Labute approximate surface area is 235 Å². The van der Waals surface area contributed by atoms with Crippen molar-refractivity contribution >= 4 is 40.3 Å². The van der Waals surface area contributed by atoms with Gasteiger partial charge in [0.25, 0.3) is 0 Å². The highest BCUT2D eigenvalue weighted by Gasteiger charge is 2.23. The average Bonchev–Trinajstić information content (AvgIpc) is 3.33. The molecule has 206 valence electrons. The summed E-state index contributed by atoms with van der Waals surface area (Å²) >= 11 is 1.34. The molecule has 0 saturated heterocycles. The smallest absolute Gasteiger partial charge is 0.343 e. The first-order valence-electron chi connectivity index (χ1n) is 12.8. The Morgan fingerprint density at radius 1 is 1.07 bits per heavy atom. The number of fused-ring (bicyclic) bond motifs is 1. The van der Waals surface area contributed by atoms with Crippen LogP contribution >= 0.6 is 11.3 Å². The predicted molar refractivity (Wildman–Crippen MR) is 150 cm³/mol. The molecule has 1 heterocycles. The monoisotopic (exact) mass is 560 g/mol. The summed E-state index contributed by atoms with van der Waals surface area (Å²) in [6, 6.07) is 13.5. The zero-order valence-corrected chi connectivity index (χ0v) is 22.9. The Hall–Kier alpha value is -4.69. The van der Waals surface area contributed by atoms with Gasteiger partial charge in [-0.2, -0.15) is 10.4 Å². The van der Waals surface area contributed by atoms with Gasteiger partial charge in [0.2, 0.25) is 0 Å². The van der Waals surface area contributed by atoms with Crippen molar-refractivity contribution in [3.05, 3.63) is 69.6 Å². The number of hydrogen-bond acceptors (Lipinski definition) is 9. The molecule has 1 aromatic heterocycles. The number of nitrogens with zero attached hydrogens (tertiary/aromatic N) is 2. The molecule has 2 N–H and O–H groups in total. The molecule has 0 bridgehead atoms. The molecule has 0 aliphatic heterocycles. The minimum atomic E-state index is -0.977. The number of esters is 1. The molecule has 0 radical (unpaired) electrons.